The molecule has 0 saturated carbocycles. The number of nitrogens with zero attached hydrogens (tertiary/aromatic N) is 1. The molecule has 0 aliphatic carbocycles. The van der Waals surface area contributed by atoms with Gasteiger partial charge in [0.1, 0.15) is 6.29 Å². The quantitative estimate of drug-likeness (QED) is 0.429. The average Bonchev–Trinajstić information content (AvgIpc) is 2.05. The van der Waals surface area contributed by atoms with Crippen LogP contribution in [0.1, 0.15) is 13.8 Å². The van der Waals surface area contributed by atoms with Gasteiger partial charge in [0, 0.05) is 18.1 Å². The van der Waals surface area contributed by atoms with Crippen LogP contribution >= 0.6 is 11.8 Å². The van der Waals surface area contributed by atoms with Gasteiger partial charge in [0.2, 0.25) is 0 Å². The predicted molar refractivity (Wildman–Crippen MR) is 51.2 cm³/mol. The molecule has 0 amide bonds. The van der Waals surface area contributed by atoms with Gasteiger partial charge in [-0.1, -0.05) is 13.8 Å². The first-order valence-electron chi connectivity index (χ1n) is 4.08. The van der Waals surface area contributed by atoms with Gasteiger partial charge in [0.25, 0.3) is 0 Å². The summed E-state index contributed by atoms with van der Waals surface area (Å²) < 4.78 is 0. The highest BCUT2D eigenvalue weighted by Gasteiger charge is 1.96. The van der Waals surface area contributed by atoms with Gasteiger partial charge in [-0.25, -0.2) is 0 Å². The van der Waals surface area contributed by atoms with E-state index in [1.807, 2.05) is 0 Å². The summed E-state index contributed by atoms with van der Waals surface area (Å²) in [7, 11) is 0. The summed E-state index contributed by atoms with van der Waals surface area (Å²) in [6.07, 6.45) is 0.965. The second-order valence-corrected chi connectivity index (χ2v) is 3.42. The lowest BCUT2D eigenvalue weighted by Crippen LogP contribution is -2.25. The summed E-state index contributed by atoms with van der Waals surface area (Å²) >= 11 is 1.70. The van der Waals surface area contributed by atoms with Crippen LogP contribution in [0.4, 0.5) is 0 Å². The molecule has 0 heterocycles. The van der Waals surface area contributed by atoms with E-state index in [1.54, 1.807) is 11.8 Å². The third kappa shape index (κ3) is 6.38. The van der Waals surface area contributed by atoms with Crippen LogP contribution in [0.2, 0.25) is 0 Å². The van der Waals surface area contributed by atoms with E-state index in [9.17, 15) is 4.79 Å². The Labute approximate surface area is 73.3 Å². The zero-order chi connectivity index (χ0) is 8.53. The maximum atomic E-state index is 9.95. The minimum absolute atomic E-state index is 0.640. The molecule has 0 atom stereocenters. The molecule has 11 heavy (non-hydrogen) atoms. The third-order valence-electron chi connectivity index (χ3n) is 1.63. The van der Waals surface area contributed by atoms with Crippen molar-refractivity contribution < 1.29 is 4.79 Å². The van der Waals surface area contributed by atoms with E-state index in [1.165, 1.54) is 0 Å². The second-order valence-electron chi connectivity index (χ2n) is 2.27. The van der Waals surface area contributed by atoms with Crippen molar-refractivity contribution >= 4 is 18.0 Å². The number of aldehydes is 1. The Balaban J connectivity index is 3.13. The molecule has 66 valence electrons. The number of hydrogen-bond acceptors (Lipinski definition) is 3. The highest BCUT2D eigenvalue weighted by Crippen LogP contribution is 1.98. The normalized spacial score (nSPS) is 10.5. The molecule has 0 fully saturated rings. The Morgan fingerprint density at radius 3 is 2.45 bits per heavy atom. The molecule has 0 aliphatic heterocycles. The minimum Gasteiger partial charge on any atom is -0.303 e. The van der Waals surface area contributed by atoms with Crippen molar-refractivity contribution in [3.63, 3.8) is 0 Å². The van der Waals surface area contributed by atoms with E-state index >= 15 is 0 Å². The second kappa shape index (κ2) is 8.08. The van der Waals surface area contributed by atoms with Gasteiger partial charge in [-0.3, -0.25) is 0 Å². The van der Waals surface area contributed by atoms with E-state index in [0.29, 0.717) is 5.75 Å². The van der Waals surface area contributed by atoms with Crippen LogP contribution < -0.4 is 0 Å². The number of thioether (sulfide) groups is 1. The minimum atomic E-state index is 0.640. The molecule has 2 nitrogen and oxygen atoms in total. The molecular formula is C8H17NOS. The molecule has 0 saturated heterocycles. The fraction of sp³-hybridized carbons (Fsp3) is 0.875. The van der Waals surface area contributed by atoms with Gasteiger partial charge < -0.3 is 9.69 Å². The largest absolute Gasteiger partial charge is 0.303 e. The molecule has 0 bridgehead atoms. The van der Waals surface area contributed by atoms with Crippen molar-refractivity contribution in [3.05, 3.63) is 0 Å². The topological polar surface area (TPSA) is 20.3 Å². The summed E-state index contributed by atoms with van der Waals surface area (Å²) in [6.45, 7) is 7.64. The molecule has 0 radical (unpaired) electrons. The van der Waals surface area contributed by atoms with Crippen LogP contribution in [0, 0.1) is 0 Å². The lowest BCUT2D eigenvalue weighted by molar-refractivity contribution is -0.105. The van der Waals surface area contributed by atoms with Crippen LogP contribution in [-0.4, -0.2) is 42.3 Å². The first-order valence-corrected chi connectivity index (χ1v) is 5.24. The summed E-state index contributed by atoms with van der Waals surface area (Å²) in [5.74, 6) is 1.71. The van der Waals surface area contributed by atoms with Gasteiger partial charge in [-0.05, 0) is 13.1 Å². The van der Waals surface area contributed by atoms with Gasteiger partial charge in [-0.15, -0.1) is 0 Å². The number of hydrogen-bond donors (Lipinski definition) is 0. The predicted octanol–water partition coefficient (Wildman–Crippen LogP) is 1.26. The van der Waals surface area contributed by atoms with Crippen molar-refractivity contribution in [1.29, 1.82) is 0 Å². The average molecular weight is 175 g/mol. The maximum absolute atomic E-state index is 9.95. The number of carbonyl (C=O) groups is 1. The Morgan fingerprint density at radius 2 is 2.00 bits per heavy atom. The third-order valence-corrected chi connectivity index (χ3v) is 2.48. The van der Waals surface area contributed by atoms with Crippen LogP contribution in [0.3, 0.4) is 0 Å². The summed E-state index contributed by atoms with van der Waals surface area (Å²) in [5, 5.41) is 0. The van der Waals surface area contributed by atoms with Gasteiger partial charge in [0.15, 0.2) is 0 Å². The van der Waals surface area contributed by atoms with Crippen molar-refractivity contribution in [3.8, 4) is 0 Å². The van der Waals surface area contributed by atoms with Crippen LogP contribution in [-0.2, 0) is 4.79 Å². The molecule has 0 spiro atoms. The van der Waals surface area contributed by atoms with Crippen molar-refractivity contribution in [2.75, 3.05) is 31.1 Å². The molecule has 0 N–H and O–H groups in total. The Morgan fingerprint density at radius 1 is 1.36 bits per heavy atom. The van der Waals surface area contributed by atoms with E-state index in [0.717, 1.165) is 31.7 Å². The molecule has 0 aliphatic rings. The highest BCUT2D eigenvalue weighted by molar-refractivity contribution is 7.99. The maximum Gasteiger partial charge on any atom is 0.129 e. The lowest BCUT2D eigenvalue weighted by atomic mass is 10.5. The van der Waals surface area contributed by atoms with Gasteiger partial charge in [0.05, 0.1) is 0 Å². The fourth-order valence-electron chi connectivity index (χ4n) is 0.865. The first kappa shape index (κ1) is 11.0. The lowest BCUT2D eigenvalue weighted by Gasteiger charge is -2.16. The summed E-state index contributed by atoms with van der Waals surface area (Å²) in [4.78, 5) is 12.3. The number of carbonyl (C=O) groups excluding carboxylic acids is 1. The molecule has 0 rings (SSSR count). The van der Waals surface area contributed by atoms with Crippen molar-refractivity contribution in [2.24, 2.45) is 0 Å². The zero-order valence-electron chi connectivity index (χ0n) is 7.38. The fourth-order valence-corrected chi connectivity index (χ4v) is 1.52. The van der Waals surface area contributed by atoms with Crippen LogP contribution in [0.5, 0.6) is 0 Å². The smallest absolute Gasteiger partial charge is 0.129 e. The molecule has 0 aromatic rings. The first-order chi connectivity index (χ1) is 5.35. The van der Waals surface area contributed by atoms with Crippen LogP contribution in [0.25, 0.3) is 0 Å². The van der Waals surface area contributed by atoms with E-state index < -0.39 is 0 Å². The SMILES string of the molecule is CCN(CC)CCSCC=O. The molecule has 0 aromatic heterocycles. The van der Waals surface area contributed by atoms with E-state index in [4.69, 9.17) is 0 Å². The molecular weight excluding hydrogens is 158 g/mol. The molecule has 0 unspecified atom stereocenters. The zero-order valence-corrected chi connectivity index (χ0v) is 8.19. The van der Waals surface area contributed by atoms with Gasteiger partial charge in [-0.2, -0.15) is 11.8 Å². The number of rotatable bonds is 7. The highest BCUT2D eigenvalue weighted by atomic mass is 32.2. The monoisotopic (exact) mass is 175 g/mol. The Kier molecular flexibility index (Phi) is 8.07. The van der Waals surface area contributed by atoms with E-state index in [-0.39, 0.29) is 0 Å². The van der Waals surface area contributed by atoms with E-state index in [2.05, 4.69) is 18.7 Å². The molecule has 0 aromatic carbocycles. The summed E-state index contributed by atoms with van der Waals surface area (Å²) in [6, 6.07) is 0. The van der Waals surface area contributed by atoms with Crippen molar-refractivity contribution in [2.45, 2.75) is 13.8 Å². The Bertz CT molecular complexity index is 94.1. The standard InChI is InChI=1S/C8H17NOS/c1-3-9(4-2)5-7-11-8-6-10/h6H,3-5,7-8H2,1-2H3. The van der Waals surface area contributed by atoms with Gasteiger partial charge >= 0.3 is 0 Å². The molecule has 3 heteroatoms. The van der Waals surface area contributed by atoms with Crippen LogP contribution in [0.15, 0.2) is 0 Å². The summed E-state index contributed by atoms with van der Waals surface area (Å²) in [5.41, 5.74) is 0. The van der Waals surface area contributed by atoms with Crippen molar-refractivity contribution in [1.82, 2.24) is 4.90 Å². The Hall–Kier alpha value is -0.0200.